The lowest BCUT2D eigenvalue weighted by molar-refractivity contribution is 0.0527. The maximum atomic E-state index is 13.3. The molecule has 0 aliphatic carbocycles. The van der Waals surface area contributed by atoms with Gasteiger partial charge in [-0.15, -0.1) is 0 Å². The number of sulfonamides is 1. The zero-order chi connectivity index (χ0) is 26.4. The fourth-order valence-corrected chi connectivity index (χ4v) is 5.35. The molecule has 0 aliphatic heterocycles. The molecule has 37 heavy (non-hydrogen) atoms. The standard InChI is InChI=1S/C29H28BrNO5S/c1-3-35-29(32)27-16-10-21(25-15-9-20(2)24-7-4-5-8-26(24)25)19-28(27)31-37(33,34)23-13-11-22(12-14-23)36-18-6-17-30/h4-5,7-16,19,31H,3,6,17-18H2,1-2H3. The monoisotopic (exact) mass is 581 g/mol. The van der Waals surface area contributed by atoms with Crippen LogP contribution in [0.15, 0.2) is 83.8 Å². The Balaban J connectivity index is 1.73. The van der Waals surface area contributed by atoms with E-state index in [2.05, 4.69) is 26.7 Å². The topological polar surface area (TPSA) is 81.7 Å². The molecule has 4 aromatic rings. The summed E-state index contributed by atoms with van der Waals surface area (Å²) in [5, 5.41) is 2.97. The number of anilines is 1. The van der Waals surface area contributed by atoms with Crippen molar-refractivity contribution in [3.8, 4) is 16.9 Å². The van der Waals surface area contributed by atoms with Crippen molar-refractivity contribution in [1.82, 2.24) is 0 Å². The van der Waals surface area contributed by atoms with Crippen molar-refractivity contribution in [3.05, 3.63) is 90.0 Å². The minimum absolute atomic E-state index is 0.0568. The van der Waals surface area contributed by atoms with E-state index in [1.165, 1.54) is 12.1 Å². The van der Waals surface area contributed by atoms with Gasteiger partial charge in [-0.1, -0.05) is 58.4 Å². The van der Waals surface area contributed by atoms with E-state index in [4.69, 9.17) is 9.47 Å². The SMILES string of the molecule is CCOC(=O)c1ccc(-c2ccc(C)c3ccccc23)cc1NS(=O)(=O)c1ccc(OCCCBr)cc1. The number of aryl methyl sites for hydroxylation is 1. The second kappa shape index (κ2) is 11.8. The van der Waals surface area contributed by atoms with Gasteiger partial charge in [-0.3, -0.25) is 4.72 Å². The smallest absolute Gasteiger partial charge is 0.340 e. The Hall–Kier alpha value is -3.36. The van der Waals surface area contributed by atoms with Crippen molar-refractivity contribution in [2.45, 2.75) is 25.2 Å². The van der Waals surface area contributed by atoms with Gasteiger partial charge in [0, 0.05) is 5.33 Å². The molecule has 0 aromatic heterocycles. The fourth-order valence-electron chi connectivity index (χ4n) is 4.05. The van der Waals surface area contributed by atoms with Crippen molar-refractivity contribution in [2.75, 3.05) is 23.3 Å². The summed E-state index contributed by atoms with van der Waals surface area (Å²) in [5.74, 6) is -0.0172. The van der Waals surface area contributed by atoms with Gasteiger partial charge < -0.3 is 9.47 Å². The molecule has 8 heteroatoms. The molecule has 4 rings (SSSR count). The van der Waals surface area contributed by atoms with Crippen molar-refractivity contribution in [3.63, 3.8) is 0 Å². The fraction of sp³-hybridized carbons (Fsp3) is 0.207. The molecule has 0 unspecified atom stereocenters. The van der Waals surface area contributed by atoms with Crippen LogP contribution in [0.5, 0.6) is 5.75 Å². The Kier molecular flexibility index (Phi) is 8.51. The van der Waals surface area contributed by atoms with Gasteiger partial charge in [-0.2, -0.15) is 0 Å². The number of fused-ring (bicyclic) bond motifs is 1. The molecule has 0 fully saturated rings. The lowest BCUT2D eigenvalue weighted by atomic mass is 9.94. The van der Waals surface area contributed by atoms with E-state index in [-0.39, 0.29) is 22.8 Å². The highest BCUT2D eigenvalue weighted by Crippen LogP contribution is 2.34. The first-order valence-corrected chi connectivity index (χ1v) is 14.6. The number of halogens is 1. The van der Waals surface area contributed by atoms with Crippen LogP contribution in [0.25, 0.3) is 21.9 Å². The minimum Gasteiger partial charge on any atom is -0.494 e. The van der Waals surface area contributed by atoms with Crippen molar-refractivity contribution >= 4 is 48.4 Å². The summed E-state index contributed by atoms with van der Waals surface area (Å²) >= 11 is 3.35. The predicted molar refractivity (Wildman–Crippen MR) is 151 cm³/mol. The normalized spacial score (nSPS) is 11.3. The summed E-state index contributed by atoms with van der Waals surface area (Å²) in [5.41, 5.74) is 3.14. The Morgan fingerprint density at radius 3 is 2.38 bits per heavy atom. The lowest BCUT2D eigenvalue weighted by Crippen LogP contribution is -2.16. The Morgan fingerprint density at radius 2 is 1.68 bits per heavy atom. The third-order valence-corrected chi connectivity index (χ3v) is 7.84. The summed E-state index contributed by atoms with van der Waals surface area (Å²) in [6, 6.07) is 23.3. The van der Waals surface area contributed by atoms with Gasteiger partial charge in [0.05, 0.1) is 29.4 Å². The summed E-state index contributed by atoms with van der Waals surface area (Å²) in [6.45, 7) is 4.45. The molecule has 192 valence electrons. The van der Waals surface area contributed by atoms with E-state index in [1.54, 1.807) is 37.3 Å². The van der Waals surface area contributed by atoms with Gasteiger partial charge in [-0.25, -0.2) is 13.2 Å². The van der Waals surface area contributed by atoms with Crippen LogP contribution in [-0.4, -0.2) is 32.9 Å². The summed E-state index contributed by atoms with van der Waals surface area (Å²) < 4.78 is 40.0. The second-order valence-corrected chi connectivity index (χ2v) is 10.9. The van der Waals surface area contributed by atoms with Crippen molar-refractivity contribution in [2.24, 2.45) is 0 Å². The molecule has 6 nitrogen and oxygen atoms in total. The van der Waals surface area contributed by atoms with Gasteiger partial charge in [0.25, 0.3) is 10.0 Å². The van der Waals surface area contributed by atoms with E-state index in [0.29, 0.717) is 12.4 Å². The average molecular weight is 583 g/mol. The number of benzene rings is 4. The zero-order valence-electron chi connectivity index (χ0n) is 20.7. The van der Waals surface area contributed by atoms with Crippen LogP contribution in [0.2, 0.25) is 0 Å². The van der Waals surface area contributed by atoms with Crippen molar-refractivity contribution < 1.29 is 22.7 Å². The van der Waals surface area contributed by atoms with Gasteiger partial charge in [0.15, 0.2) is 0 Å². The van der Waals surface area contributed by atoms with Crippen LogP contribution in [0.3, 0.4) is 0 Å². The van der Waals surface area contributed by atoms with Crippen LogP contribution < -0.4 is 9.46 Å². The first-order valence-electron chi connectivity index (χ1n) is 12.0. The van der Waals surface area contributed by atoms with Gasteiger partial charge >= 0.3 is 5.97 Å². The molecule has 0 saturated carbocycles. The van der Waals surface area contributed by atoms with Crippen LogP contribution in [-0.2, 0) is 14.8 Å². The van der Waals surface area contributed by atoms with E-state index >= 15 is 0 Å². The lowest BCUT2D eigenvalue weighted by Gasteiger charge is -2.15. The van der Waals surface area contributed by atoms with Gasteiger partial charge in [0.1, 0.15) is 5.75 Å². The highest BCUT2D eigenvalue weighted by Gasteiger charge is 2.21. The first kappa shape index (κ1) is 26.7. The van der Waals surface area contributed by atoms with Crippen LogP contribution in [0, 0.1) is 6.92 Å². The number of hydrogen-bond donors (Lipinski definition) is 1. The number of carbonyl (C=O) groups excluding carboxylic acids is 1. The molecule has 0 heterocycles. The van der Waals surface area contributed by atoms with E-state index in [1.807, 2.05) is 37.3 Å². The Bertz CT molecular complexity index is 1520. The summed E-state index contributed by atoms with van der Waals surface area (Å²) in [6.07, 6.45) is 0.838. The molecule has 0 saturated heterocycles. The molecular weight excluding hydrogens is 554 g/mol. The number of ether oxygens (including phenoxy) is 2. The largest absolute Gasteiger partial charge is 0.494 e. The van der Waals surface area contributed by atoms with Gasteiger partial charge in [-0.05, 0) is 84.1 Å². The van der Waals surface area contributed by atoms with E-state index < -0.39 is 16.0 Å². The summed E-state index contributed by atoms with van der Waals surface area (Å²) in [7, 11) is -4.00. The molecule has 0 radical (unpaired) electrons. The van der Waals surface area contributed by atoms with Crippen LogP contribution in [0.4, 0.5) is 5.69 Å². The molecule has 0 spiro atoms. The second-order valence-electron chi connectivity index (χ2n) is 8.42. The molecule has 0 bridgehead atoms. The number of rotatable bonds is 10. The molecular formula is C29H28BrNO5S. The number of hydrogen-bond acceptors (Lipinski definition) is 5. The molecule has 0 amide bonds. The van der Waals surface area contributed by atoms with E-state index in [9.17, 15) is 13.2 Å². The third-order valence-electron chi connectivity index (χ3n) is 5.89. The predicted octanol–water partition coefficient (Wildman–Crippen LogP) is 6.96. The number of alkyl halides is 1. The Morgan fingerprint density at radius 1 is 0.946 bits per heavy atom. The third kappa shape index (κ3) is 6.14. The zero-order valence-corrected chi connectivity index (χ0v) is 23.1. The average Bonchev–Trinajstić information content (AvgIpc) is 2.89. The first-order chi connectivity index (χ1) is 17.8. The molecule has 0 aliphatic rings. The van der Waals surface area contributed by atoms with Gasteiger partial charge in [0.2, 0.25) is 0 Å². The molecule has 0 atom stereocenters. The van der Waals surface area contributed by atoms with E-state index in [0.717, 1.165) is 39.2 Å². The number of esters is 1. The van der Waals surface area contributed by atoms with Crippen LogP contribution in [0.1, 0.15) is 29.3 Å². The van der Waals surface area contributed by atoms with Crippen molar-refractivity contribution in [1.29, 1.82) is 0 Å². The number of nitrogens with one attached hydrogen (secondary N) is 1. The highest BCUT2D eigenvalue weighted by molar-refractivity contribution is 9.09. The molecule has 4 aromatic carbocycles. The summed E-state index contributed by atoms with van der Waals surface area (Å²) in [4.78, 5) is 12.7. The maximum absolute atomic E-state index is 13.3. The molecule has 1 N–H and O–H groups in total. The quantitative estimate of drug-likeness (QED) is 0.124. The highest BCUT2D eigenvalue weighted by atomic mass is 79.9. The Labute approximate surface area is 225 Å². The number of carbonyl (C=O) groups is 1. The maximum Gasteiger partial charge on any atom is 0.340 e. The minimum atomic E-state index is -4.00. The van der Waals surface area contributed by atoms with Crippen LogP contribution >= 0.6 is 15.9 Å².